The summed E-state index contributed by atoms with van der Waals surface area (Å²) in [5.74, 6) is 0.630. The van der Waals surface area contributed by atoms with Crippen LogP contribution in [0.1, 0.15) is 33.1 Å². The van der Waals surface area contributed by atoms with Crippen LogP contribution in [-0.4, -0.2) is 47.8 Å². The number of likely N-dealkylation sites (tertiary alicyclic amines) is 1. The molecule has 1 saturated heterocycles. The summed E-state index contributed by atoms with van der Waals surface area (Å²) in [6, 6.07) is 0.0357. The molecule has 1 rings (SSSR count). The van der Waals surface area contributed by atoms with Crippen LogP contribution in [0.15, 0.2) is 0 Å². The lowest BCUT2D eigenvalue weighted by Crippen LogP contribution is -2.49. The van der Waals surface area contributed by atoms with Crippen molar-refractivity contribution in [1.82, 2.24) is 9.80 Å². The predicted molar refractivity (Wildman–Crippen MR) is 69.1 cm³/mol. The van der Waals surface area contributed by atoms with Crippen molar-refractivity contribution in [2.24, 2.45) is 11.7 Å². The van der Waals surface area contributed by atoms with Crippen molar-refractivity contribution in [2.45, 2.75) is 33.1 Å². The minimum Gasteiger partial charge on any atom is -0.386 e. The molecule has 0 bridgehead atoms. The molecule has 2 amide bonds. The normalized spacial score (nSPS) is 20.1. The first kappa shape index (κ1) is 13.8. The minimum absolute atomic E-state index is 0.0357. The Hall–Kier alpha value is -1.26. The molecule has 0 radical (unpaired) electrons. The maximum absolute atomic E-state index is 12.3. The Morgan fingerprint density at radius 1 is 1.59 bits per heavy atom. The summed E-state index contributed by atoms with van der Waals surface area (Å²) in [6.07, 6.45) is 3.17. The van der Waals surface area contributed by atoms with Gasteiger partial charge in [0, 0.05) is 19.6 Å². The number of carbonyl (C=O) groups is 1. The van der Waals surface area contributed by atoms with Gasteiger partial charge >= 0.3 is 6.03 Å². The Balaban J connectivity index is 2.59. The highest BCUT2D eigenvalue weighted by atomic mass is 16.2. The van der Waals surface area contributed by atoms with Crippen molar-refractivity contribution in [3.63, 3.8) is 0 Å². The summed E-state index contributed by atoms with van der Waals surface area (Å²) in [6.45, 7) is 6.78. The molecular weight excluding hydrogens is 216 g/mol. The Labute approximate surface area is 103 Å². The summed E-state index contributed by atoms with van der Waals surface area (Å²) in [5.41, 5.74) is 5.39. The number of nitrogens with zero attached hydrogens (tertiary/aromatic N) is 2. The third-order valence-electron chi connectivity index (χ3n) is 3.05. The first-order valence-electron chi connectivity index (χ1n) is 6.41. The highest BCUT2D eigenvalue weighted by Crippen LogP contribution is 2.16. The van der Waals surface area contributed by atoms with Gasteiger partial charge in [-0.2, -0.15) is 0 Å². The number of rotatable bonds is 4. The molecule has 1 fully saturated rings. The van der Waals surface area contributed by atoms with Crippen LogP contribution in [0.2, 0.25) is 0 Å². The molecule has 0 aromatic heterocycles. The van der Waals surface area contributed by atoms with Crippen LogP contribution in [0, 0.1) is 11.3 Å². The fourth-order valence-electron chi connectivity index (χ4n) is 2.28. The number of urea groups is 1. The first-order valence-corrected chi connectivity index (χ1v) is 6.41. The maximum Gasteiger partial charge on any atom is 0.320 e. The van der Waals surface area contributed by atoms with Crippen molar-refractivity contribution in [2.75, 3.05) is 26.2 Å². The van der Waals surface area contributed by atoms with E-state index < -0.39 is 0 Å². The van der Waals surface area contributed by atoms with Gasteiger partial charge in [-0.05, 0) is 25.2 Å². The lowest BCUT2D eigenvalue weighted by molar-refractivity contribution is 0.136. The first-order chi connectivity index (χ1) is 8.04. The largest absolute Gasteiger partial charge is 0.386 e. The summed E-state index contributed by atoms with van der Waals surface area (Å²) >= 11 is 0. The second-order valence-corrected chi connectivity index (χ2v) is 4.92. The fourth-order valence-corrected chi connectivity index (χ4v) is 2.28. The highest BCUT2D eigenvalue weighted by molar-refractivity contribution is 5.84. The minimum atomic E-state index is 0.0357. The van der Waals surface area contributed by atoms with E-state index >= 15 is 0 Å². The number of amidine groups is 1. The Morgan fingerprint density at radius 3 is 2.82 bits per heavy atom. The van der Waals surface area contributed by atoms with E-state index in [0.29, 0.717) is 12.5 Å². The average Bonchev–Trinajstić information content (AvgIpc) is 2.27. The van der Waals surface area contributed by atoms with Gasteiger partial charge in [-0.3, -0.25) is 5.41 Å². The van der Waals surface area contributed by atoms with Crippen LogP contribution < -0.4 is 5.73 Å². The Bertz CT molecular complexity index is 280. The van der Waals surface area contributed by atoms with E-state index in [1.54, 1.807) is 4.90 Å². The summed E-state index contributed by atoms with van der Waals surface area (Å²) in [4.78, 5) is 15.8. The summed E-state index contributed by atoms with van der Waals surface area (Å²) < 4.78 is 0. The molecule has 5 nitrogen and oxygen atoms in total. The standard InChI is InChI=1S/C12H24N4O/c1-3-6-15(9-11(13)14)12(17)16-7-4-5-10(2)8-16/h10H,3-9H2,1-2H3,(H3,13,14). The Morgan fingerprint density at radius 2 is 2.29 bits per heavy atom. The lowest BCUT2D eigenvalue weighted by Gasteiger charge is -2.35. The zero-order valence-corrected chi connectivity index (χ0v) is 10.9. The highest BCUT2D eigenvalue weighted by Gasteiger charge is 2.25. The predicted octanol–water partition coefficient (Wildman–Crippen LogP) is 1.49. The van der Waals surface area contributed by atoms with Gasteiger partial charge in [0.2, 0.25) is 0 Å². The number of amides is 2. The van der Waals surface area contributed by atoms with Crippen LogP contribution in [0.4, 0.5) is 4.79 Å². The number of nitrogens with two attached hydrogens (primary N) is 1. The molecule has 1 aliphatic heterocycles. The van der Waals surface area contributed by atoms with E-state index in [1.807, 2.05) is 11.8 Å². The molecule has 1 atom stereocenters. The molecule has 0 aromatic rings. The van der Waals surface area contributed by atoms with Crippen molar-refractivity contribution >= 4 is 11.9 Å². The number of hydrogen-bond acceptors (Lipinski definition) is 2. The van der Waals surface area contributed by atoms with Gasteiger partial charge < -0.3 is 15.5 Å². The Kier molecular flexibility index (Phi) is 5.25. The van der Waals surface area contributed by atoms with Crippen LogP contribution in [-0.2, 0) is 0 Å². The third kappa shape index (κ3) is 4.24. The molecule has 5 heteroatoms. The molecule has 0 aromatic carbocycles. The summed E-state index contributed by atoms with van der Waals surface area (Å²) in [7, 11) is 0. The summed E-state index contributed by atoms with van der Waals surface area (Å²) in [5, 5.41) is 7.32. The zero-order chi connectivity index (χ0) is 12.8. The van der Waals surface area contributed by atoms with Crippen molar-refractivity contribution in [3.8, 4) is 0 Å². The number of carbonyl (C=O) groups excluding carboxylic acids is 1. The van der Waals surface area contributed by atoms with Gasteiger partial charge in [0.05, 0.1) is 6.54 Å². The van der Waals surface area contributed by atoms with E-state index in [1.165, 1.54) is 6.42 Å². The quantitative estimate of drug-likeness (QED) is 0.577. The smallest absolute Gasteiger partial charge is 0.320 e. The molecule has 1 heterocycles. The maximum atomic E-state index is 12.3. The van der Waals surface area contributed by atoms with Crippen molar-refractivity contribution in [1.29, 1.82) is 5.41 Å². The zero-order valence-electron chi connectivity index (χ0n) is 10.9. The SMILES string of the molecule is CCCN(CC(=N)N)C(=O)N1CCCC(C)C1. The van der Waals surface area contributed by atoms with Gasteiger partial charge in [-0.25, -0.2) is 4.79 Å². The molecule has 0 spiro atoms. The van der Waals surface area contributed by atoms with E-state index in [-0.39, 0.29) is 18.4 Å². The third-order valence-corrected chi connectivity index (χ3v) is 3.05. The topological polar surface area (TPSA) is 73.4 Å². The van der Waals surface area contributed by atoms with Gasteiger partial charge in [0.25, 0.3) is 0 Å². The van der Waals surface area contributed by atoms with Gasteiger partial charge in [0.15, 0.2) is 0 Å². The van der Waals surface area contributed by atoms with Gasteiger partial charge in [-0.15, -0.1) is 0 Å². The van der Waals surface area contributed by atoms with E-state index in [9.17, 15) is 4.79 Å². The molecule has 1 aliphatic rings. The molecule has 17 heavy (non-hydrogen) atoms. The van der Waals surface area contributed by atoms with E-state index in [0.717, 1.165) is 25.9 Å². The van der Waals surface area contributed by atoms with Crippen LogP contribution in [0.3, 0.4) is 0 Å². The molecular formula is C12H24N4O. The second kappa shape index (κ2) is 6.47. The number of hydrogen-bond donors (Lipinski definition) is 2. The molecule has 0 saturated carbocycles. The monoisotopic (exact) mass is 240 g/mol. The van der Waals surface area contributed by atoms with Crippen molar-refractivity contribution in [3.05, 3.63) is 0 Å². The molecule has 1 unspecified atom stereocenters. The number of nitrogens with one attached hydrogen (secondary N) is 1. The second-order valence-electron chi connectivity index (χ2n) is 4.92. The molecule has 98 valence electrons. The fraction of sp³-hybridized carbons (Fsp3) is 0.833. The van der Waals surface area contributed by atoms with E-state index in [2.05, 4.69) is 6.92 Å². The van der Waals surface area contributed by atoms with Crippen LogP contribution >= 0.6 is 0 Å². The lowest BCUT2D eigenvalue weighted by atomic mass is 10.0. The van der Waals surface area contributed by atoms with Gasteiger partial charge in [-0.1, -0.05) is 13.8 Å². The number of piperidine rings is 1. The van der Waals surface area contributed by atoms with Gasteiger partial charge in [0.1, 0.15) is 5.84 Å². The molecule has 3 N–H and O–H groups in total. The average molecular weight is 240 g/mol. The van der Waals surface area contributed by atoms with Crippen LogP contribution in [0.5, 0.6) is 0 Å². The van der Waals surface area contributed by atoms with Crippen molar-refractivity contribution < 1.29 is 4.79 Å². The molecule has 0 aliphatic carbocycles. The van der Waals surface area contributed by atoms with E-state index in [4.69, 9.17) is 11.1 Å². The van der Waals surface area contributed by atoms with Crippen LogP contribution in [0.25, 0.3) is 0 Å².